The maximum atomic E-state index is 12.1. The second kappa shape index (κ2) is 8.44. The van der Waals surface area contributed by atoms with Gasteiger partial charge < -0.3 is 10.1 Å². The van der Waals surface area contributed by atoms with Gasteiger partial charge in [0.25, 0.3) is 6.43 Å². The Morgan fingerprint density at radius 2 is 2.05 bits per heavy atom. The van der Waals surface area contributed by atoms with Crippen molar-refractivity contribution in [3.05, 3.63) is 35.9 Å². The van der Waals surface area contributed by atoms with Crippen LogP contribution in [0.2, 0.25) is 0 Å². The Morgan fingerprint density at radius 3 is 2.71 bits per heavy atom. The zero-order valence-corrected chi connectivity index (χ0v) is 12.6. The van der Waals surface area contributed by atoms with E-state index in [2.05, 4.69) is 36.5 Å². The van der Waals surface area contributed by atoms with Gasteiger partial charge in [0.1, 0.15) is 6.61 Å². The zero-order chi connectivity index (χ0) is 15.1. The van der Waals surface area contributed by atoms with E-state index in [1.165, 1.54) is 12.0 Å². The second-order valence-electron chi connectivity index (χ2n) is 5.73. The first-order chi connectivity index (χ1) is 10.2. The van der Waals surface area contributed by atoms with Gasteiger partial charge in [0.2, 0.25) is 0 Å². The van der Waals surface area contributed by atoms with Crippen LogP contribution in [0.4, 0.5) is 8.78 Å². The second-order valence-corrected chi connectivity index (χ2v) is 5.73. The highest BCUT2D eigenvalue weighted by Crippen LogP contribution is 2.50. The molecule has 1 fully saturated rings. The molecule has 4 heteroatoms. The summed E-state index contributed by atoms with van der Waals surface area (Å²) in [7, 11) is 0. The summed E-state index contributed by atoms with van der Waals surface area (Å²) in [4.78, 5) is 0. The summed E-state index contributed by atoms with van der Waals surface area (Å²) in [6.45, 7) is 3.06. The van der Waals surface area contributed by atoms with Gasteiger partial charge in [-0.2, -0.15) is 0 Å². The van der Waals surface area contributed by atoms with E-state index < -0.39 is 13.0 Å². The van der Waals surface area contributed by atoms with Gasteiger partial charge in [-0.15, -0.1) is 0 Å². The molecule has 0 spiro atoms. The van der Waals surface area contributed by atoms with Crippen LogP contribution in [-0.4, -0.2) is 32.2 Å². The number of ether oxygens (including phenoxy) is 1. The van der Waals surface area contributed by atoms with Crippen LogP contribution in [0.1, 0.15) is 37.7 Å². The molecule has 118 valence electrons. The molecular formula is C17H25F2NO. The maximum absolute atomic E-state index is 12.1. The summed E-state index contributed by atoms with van der Waals surface area (Å²) in [6.07, 6.45) is 0.697. The zero-order valence-electron chi connectivity index (χ0n) is 12.6. The summed E-state index contributed by atoms with van der Waals surface area (Å²) in [5.41, 5.74) is 1.39. The summed E-state index contributed by atoms with van der Waals surface area (Å²) < 4.78 is 29.2. The maximum Gasteiger partial charge on any atom is 0.261 e. The minimum atomic E-state index is -2.37. The van der Waals surface area contributed by atoms with Crippen molar-refractivity contribution in [2.24, 2.45) is 5.92 Å². The van der Waals surface area contributed by atoms with E-state index in [4.69, 9.17) is 4.74 Å². The van der Waals surface area contributed by atoms with Crippen molar-refractivity contribution >= 4 is 0 Å². The van der Waals surface area contributed by atoms with Gasteiger partial charge in [-0.05, 0) is 43.2 Å². The van der Waals surface area contributed by atoms with E-state index in [0.29, 0.717) is 24.5 Å². The molecule has 0 heterocycles. The standard InChI is InChI=1S/C17H25F2NO/c1-2-9-20-16(8-10-21-12-17(18)19)15-11-14(15)13-6-4-3-5-7-13/h3-7,14-17,20H,2,8-12H2,1H3. The highest BCUT2D eigenvalue weighted by molar-refractivity contribution is 5.26. The third-order valence-corrected chi connectivity index (χ3v) is 4.06. The summed E-state index contributed by atoms with van der Waals surface area (Å²) in [5.74, 6) is 1.21. The molecule has 2 nitrogen and oxygen atoms in total. The monoisotopic (exact) mass is 297 g/mol. The smallest absolute Gasteiger partial charge is 0.261 e. The molecule has 3 atom stereocenters. The minimum Gasteiger partial charge on any atom is -0.375 e. The fourth-order valence-electron chi connectivity index (χ4n) is 2.92. The molecule has 1 aromatic rings. The third-order valence-electron chi connectivity index (χ3n) is 4.06. The van der Waals surface area contributed by atoms with E-state index >= 15 is 0 Å². The van der Waals surface area contributed by atoms with Gasteiger partial charge in [-0.25, -0.2) is 8.78 Å². The Bertz CT molecular complexity index is 399. The number of nitrogens with one attached hydrogen (secondary N) is 1. The lowest BCUT2D eigenvalue weighted by Gasteiger charge is -2.19. The highest BCUT2D eigenvalue weighted by atomic mass is 19.3. The summed E-state index contributed by atoms with van der Waals surface area (Å²) in [6, 6.07) is 10.9. The topological polar surface area (TPSA) is 21.3 Å². The van der Waals surface area contributed by atoms with Crippen molar-refractivity contribution in [2.45, 2.75) is 44.6 Å². The quantitative estimate of drug-likeness (QED) is 0.663. The number of rotatable bonds is 10. The van der Waals surface area contributed by atoms with E-state index in [1.54, 1.807) is 0 Å². The molecule has 1 aromatic carbocycles. The molecule has 21 heavy (non-hydrogen) atoms. The van der Waals surface area contributed by atoms with Gasteiger partial charge in [0.05, 0.1) is 0 Å². The van der Waals surface area contributed by atoms with Crippen molar-refractivity contribution in [3.63, 3.8) is 0 Å². The van der Waals surface area contributed by atoms with Gasteiger partial charge in [0, 0.05) is 12.6 Å². The molecule has 0 bridgehead atoms. The summed E-state index contributed by atoms with van der Waals surface area (Å²) >= 11 is 0. The molecule has 0 amide bonds. The van der Waals surface area contributed by atoms with E-state index in [0.717, 1.165) is 19.4 Å². The Kier molecular flexibility index (Phi) is 6.58. The van der Waals surface area contributed by atoms with Crippen molar-refractivity contribution in [1.29, 1.82) is 0 Å². The van der Waals surface area contributed by atoms with Crippen molar-refractivity contribution < 1.29 is 13.5 Å². The predicted molar refractivity (Wildman–Crippen MR) is 80.8 cm³/mol. The van der Waals surface area contributed by atoms with Crippen molar-refractivity contribution in [2.75, 3.05) is 19.8 Å². The first kappa shape index (κ1) is 16.4. The molecule has 0 saturated heterocycles. The molecule has 0 aromatic heterocycles. The molecule has 2 rings (SSSR count). The molecule has 0 aliphatic heterocycles. The minimum absolute atomic E-state index is 0.368. The number of hydrogen-bond donors (Lipinski definition) is 1. The Hall–Kier alpha value is -1.00. The van der Waals surface area contributed by atoms with E-state index in [1.807, 2.05) is 6.07 Å². The first-order valence-electron chi connectivity index (χ1n) is 7.86. The SMILES string of the molecule is CCCNC(CCOCC(F)F)C1CC1c1ccccc1. The van der Waals surface area contributed by atoms with Gasteiger partial charge >= 0.3 is 0 Å². The fourth-order valence-corrected chi connectivity index (χ4v) is 2.92. The Labute approximate surface area is 125 Å². The normalized spacial score (nSPS) is 22.5. The van der Waals surface area contributed by atoms with E-state index in [-0.39, 0.29) is 0 Å². The lowest BCUT2D eigenvalue weighted by atomic mass is 10.0. The van der Waals surface area contributed by atoms with Crippen LogP contribution in [0, 0.1) is 5.92 Å². The third kappa shape index (κ3) is 5.36. The van der Waals surface area contributed by atoms with Crippen molar-refractivity contribution in [1.82, 2.24) is 5.32 Å². The molecule has 1 N–H and O–H groups in total. The van der Waals surface area contributed by atoms with Crippen LogP contribution in [0.15, 0.2) is 30.3 Å². The van der Waals surface area contributed by atoms with E-state index in [9.17, 15) is 8.78 Å². The predicted octanol–water partition coefficient (Wildman–Crippen LogP) is 3.83. The van der Waals surface area contributed by atoms with Gasteiger partial charge in [-0.3, -0.25) is 0 Å². The van der Waals surface area contributed by atoms with Gasteiger partial charge in [0.15, 0.2) is 0 Å². The Balaban J connectivity index is 1.80. The number of hydrogen-bond acceptors (Lipinski definition) is 2. The van der Waals surface area contributed by atoms with Crippen LogP contribution in [-0.2, 0) is 4.74 Å². The fraction of sp³-hybridized carbons (Fsp3) is 0.647. The van der Waals surface area contributed by atoms with Crippen molar-refractivity contribution in [3.8, 4) is 0 Å². The van der Waals surface area contributed by atoms with Crippen LogP contribution in [0.5, 0.6) is 0 Å². The molecule has 1 aliphatic rings. The first-order valence-corrected chi connectivity index (χ1v) is 7.86. The van der Waals surface area contributed by atoms with Crippen LogP contribution >= 0.6 is 0 Å². The molecular weight excluding hydrogens is 272 g/mol. The average Bonchev–Trinajstić information content (AvgIpc) is 3.27. The summed E-state index contributed by atoms with van der Waals surface area (Å²) in [5, 5.41) is 3.55. The Morgan fingerprint density at radius 1 is 1.29 bits per heavy atom. The molecule has 1 saturated carbocycles. The molecule has 0 radical (unpaired) electrons. The van der Waals surface area contributed by atoms with Crippen LogP contribution in [0.3, 0.4) is 0 Å². The molecule has 1 aliphatic carbocycles. The lowest BCUT2D eigenvalue weighted by Crippen LogP contribution is -2.33. The number of alkyl halides is 2. The molecule has 3 unspecified atom stereocenters. The number of halogens is 2. The highest BCUT2D eigenvalue weighted by Gasteiger charge is 2.43. The van der Waals surface area contributed by atoms with Gasteiger partial charge in [-0.1, -0.05) is 37.3 Å². The van der Waals surface area contributed by atoms with Crippen LogP contribution < -0.4 is 5.32 Å². The average molecular weight is 297 g/mol. The van der Waals surface area contributed by atoms with Crippen LogP contribution in [0.25, 0.3) is 0 Å². The number of benzene rings is 1. The lowest BCUT2D eigenvalue weighted by molar-refractivity contribution is 0.0138. The largest absolute Gasteiger partial charge is 0.375 e.